The highest BCUT2D eigenvalue weighted by atomic mass is 16.5. The van der Waals surface area contributed by atoms with Gasteiger partial charge in [0.2, 0.25) is 0 Å². The second kappa shape index (κ2) is 4.96. The Hall–Kier alpha value is -1.58. The fourth-order valence-electron chi connectivity index (χ4n) is 1.71. The van der Waals surface area contributed by atoms with Gasteiger partial charge in [0.05, 0.1) is 19.8 Å². The van der Waals surface area contributed by atoms with E-state index in [9.17, 15) is 5.11 Å². The van der Waals surface area contributed by atoms with E-state index >= 15 is 0 Å². The molecular formula is C13H14O3. The van der Waals surface area contributed by atoms with E-state index in [1.807, 2.05) is 24.3 Å². The van der Waals surface area contributed by atoms with E-state index in [1.165, 1.54) is 0 Å². The second-order valence-corrected chi connectivity index (χ2v) is 3.60. The Morgan fingerprint density at radius 1 is 1.12 bits per heavy atom. The third kappa shape index (κ3) is 2.32. The van der Waals surface area contributed by atoms with E-state index in [4.69, 9.17) is 9.84 Å². The van der Waals surface area contributed by atoms with Crippen LogP contribution < -0.4 is 0 Å². The minimum absolute atomic E-state index is 0.0333. The van der Waals surface area contributed by atoms with Gasteiger partial charge in [-0.2, -0.15) is 0 Å². The second-order valence-electron chi connectivity index (χ2n) is 3.60. The molecule has 0 bridgehead atoms. The summed E-state index contributed by atoms with van der Waals surface area (Å²) in [5, 5.41) is 20.1. The molecule has 3 nitrogen and oxygen atoms in total. The first-order chi connectivity index (χ1) is 7.81. The number of ether oxygens (including phenoxy) is 1. The largest absolute Gasteiger partial charge is 0.508 e. The van der Waals surface area contributed by atoms with Gasteiger partial charge in [0.25, 0.3) is 0 Å². The van der Waals surface area contributed by atoms with Crippen molar-refractivity contribution in [2.45, 2.75) is 6.61 Å². The third-order valence-corrected chi connectivity index (χ3v) is 2.45. The quantitative estimate of drug-likeness (QED) is 0.772. The molecule has 0 radical (unpaired) electrons. The number of rotatable bonds is 4. The van der Waals surface area contributed by atoms with Crippen LogP contribution in [0.5, 0.6) is 5.75 Å². The summed E-state index contributed by atoms with van der Waals surface area (Å²) in [7, 11) is 0. The smallest absolute Gasteiger partial charge is 0.116 e. The zero-order valence-corrected chi connectivity index (χ0v) is 8.89. The van der Waals surface area contributed by atoms with E-state index in [2.05, 4.69) is 0 Å². The summed E-state index contributed by atoms with van der Waals surface area (Å²) in [5.41, 5.74) is 1.06. The fraction of sp³-hybridized carbons (Fsp3) is 0.231. The average Bonchev–Trinajstić information content (AvgIpc) is 2.29. The lowest BCUT2D eigenvalue weighted by molar-refractivity contribution is 0.0822. The molecule has 0 fully saturated rings. The van der Waals surface area contributed by atoms with Gasteiger partial charge in [-0.1, -0.05) is 24.3 Å². The summed E-state index contributed by atoms with van der Waals surface area (Å²) in [6.45, 7) is 0.850. The van der Waals surface area contributed by atoms with Crippen LogP contribution in [0.2, 0.25) is 0 Å². The van der Waals surface area contributed by atoms with E-state index in [0.717, 1.165) is 16.3 Å². The zero-order valence-electron chi connectivity index (χ0n) is 8.89. The highest BCUT2D eigenvalue weighted by Crippen LogP contribution is 2.23. The molecule has 0 saturated carbocycles. The molecule has 0 aromatic heterocycles. The first kappa shape index (κ1) is 10.9. The SMILES string of the molecule is OCCOCc1cccc2cc(O)ccc12. The van der Waals surface area contributed by atoms with E-state index < -0.39 is 0 Å². The van der Waals surface area contributed by atoms with Crippen LogP contribution in [0, 0.1) is 0 Å². The van der Waals surface area contributed by atoms with Crippen LogP contribution in [0.3, 0.4) is 0 Å². The predicted octanol–water partition coefficient (Wildman–Crippen LogP) is 2.05. The van der Waals surface area contributed by atoms with E-state index in [-0.39, 0.29) is 12.4 Å². The monoisotopic (exact) mass is 218 g/mol. The molecule has 84 valence electrons. The molecule has 0 amide bonds. The minimum atomic E-state index is 0.0333. The molecule has 0 aliphatic carbocycles. The molecule has 0 aliphatic heterocycles. The van der Waals surface area contributed by atoms with Gasteiger partial charge in [-0.3, -0.25) is 0 Å². The van der Waals surface area contributed by atoms with Gasteiger partial charge in [0, 0.05) is 0 Å². The molecule has 0 unspecified atom stereocenters. The molecule has 2 aromatic rings. The number of benzene rings is 2. The van der Waals surface area contributed by atoms with Gasteiger partial charge in [0.15, 0.2) is 0 Å². The van der Waals surface area contributed by atoms with E-state index in [1.54, 1.807) is 12.1 Å². The van der Waals surface area contributed by atoms with E-state index in [0.29, 0.717) is 13.2 Å². The standard InChI is InChI=1S/C13H14O3/c14-6-7-16-9-11-3-1-2-10-8-12(15)4-5-13(10)11/h1-5,8,14-15H,6-7,9H2. The number of fused-ring (bicyclic) bond motifs is 1. The van der Waals surface area contributed by atoms with Crippen LogP contribution >= 0.6 is 0 Å². The van der Waals surface area contributed by atoms with Gasteiger partial charge >= 0.3 is 0 Å². The first-order valence-corrected chi connectivity index (χ1v) is 5.20. The first-order valence-electron chi connectivity index (χ1n) is 5.20. The van der Waals surface area contributed by atoms with Crippen LogP contribution in [0.4, 0.5) is 0 Å². The molecule has 16 heavy (non-hydrogen) atoms. The van der Waals surface area contributed by atoms with Gasteiger partial charge in [-0.05, 0) is 28.5 Å². The molecule has 0 aliphatic rings. The number of aliphatic hydroxyl groups excluding tert-OH is 1. The van der Waals surface area contributed by atoms with Crippen molar-refractivity contribution < 1.29 is 14.9 Å². The van der Waals surface area contributed by atoms with Gasteiger partial charge in [-0.15, -0.1) is 0 Å². The average molecular weight is 218 g/mol. The van der Waals surface area contributed by atoms with Crippen molar-refractivity contribution >= 4 is 10.8 Å². The topological polar surface area (TPSA) is 49.7 Å². The predicted molar refractivity (Wildman–Crippen MR) is 62.4 cm³/mol. The maximum atomic E-state index is 9.37. The Labute approximate surface area is 93.9 Å². The number of aliphatic hydroxyl groups is 1. The molecule has 0 saturated heterocycles. The fourth-order valence-corrected chi connectivity index (χ4v) is 1.71. The van der Waals surface area contributed by atoms with Crippen LogP contribution in [-0.4, -0.2) is 23.4 Å². The summed E-state index contributed by atoms with van der Waals surface area (Å²) in [4.78, 5) is 0. The van der Waals surface area contributed by atoms with Crippen molar-refractivity contribution in [1.29, 1.82) is 0 Å². The molecule has 0 atom stereocenters. The van der Waals surface area contributed by atoms with Gasteiger partial charge in [-0.25, -0.2) is 0 Å². The summed E-state index contributed by atoms with van der Waals surface area (Å²) in [6, 6.07) is 11.1. The van der Waals surface area contributed by atoms with Crippen molar-refractivity contribution in [3.8, 4) is 5.75 Å². The van der Waals surface area contributed by atoms with Crippen molar-refractivity contribution in [2.24, 2.45) is 0 Å². The Bertz CT molecular complexity index is 480. The summed E-state index contributed by atoms with van der Waals surface area (Å²) in [5.74, 6) is 0.265. The lowest BCUT2D eigenvalue weighted by Crippen LogP contribution is -1.99. The zero-order chi connectivity index (χ0) is 11.4. The van der Waals surface area contributed by atoms with Gasteiger partial charge in [0.1, 0.15) is 5.75 Å². The maximum absolute atomic E-state index is 9.37. The summed E-state index contributed by atoms with van der Waals surface area (Å²) < 4.78 is 5.29. The normalized spacial score (nSPS) is 10.8. The molecule has 3 heteroatoms. The number of hydrogen-bond acceptors (Lipinski definition) is 3. The van der Waals surface area contributed by atoms with Crippen LogP contribution in [0.25, 0.3) is 10.8 Å². The van der Waals surface area contributed by atoms with Crippen LogP contribution in [0.15, 0.2) is 36.4 Å². The Morgan fingerprint density at radius 2 is 2.00 bits per heavy atom. The molecule has 0 heterocycles. The van der Waals surface area contributed by atoms with Crippen molar-refractivity contribution in [1.82, 2.24) is 0 Å². The number of aromatic hydroxyl groups is 1. The molecular weight excluding hydrogens is 204 g/mol. The summed E-state index contributed by atoms with van der Waals surface area (Å²) in [6.07, 6.45) is 0. The molecule has 2 aromatic carbocycles. The van der Waals surface area contributed by atoms with Gasteiger partial charge < -0.3 is 14.9 Å². The van der Waals surface area contributed by atoms with Crippen LogP contribution in [0.1, 0.15) is 5.56 Å². The lowest BCUT2D eigenvalue weighted by atomic mass is 10.0. The highest BCUT2D eigenvalue weighted by molar-refractivity contribution is 5.86. The molecule has 0 spiro atoms. The number of hydrogen-bond donors (Lipinski definition) is 2. The lowest BCUT2D eigenvalue weighted by Gasteiger charge is -2.07. The Balaban J connectivity index is 2.30. The molecule has 2 rings (SSSR count). The Kier molecular flexibility index (Phi) is 3.39. The highest BCUT2D eigenvalue weighted by Gasteiger charge is 2.01. The van der Waals surface area contributed by atoms with Crippen molar-refractivity contribution in [3.63, 3.8) is 0 Å². The van der Waals surface area contributed by atoms with Crippen molar-refractivity contribution in [2.75, 3.05) is 13.2 Å². The summed E-state index contributed by atoms with van der Waals surface area (Å²) >= 11 is 0. The van der Waals surface area contributed by atoms with Crippen molar-refractivity contribution in [3.05, 3.63) is 42.0 Å². The maximum Gasteiger partial charge on any atom is 0.116 e. The van der Waals surface area contributed by atoms with Crippen LogP contribution in [-0.2, 0) is 11.3 Å². The number of phenolic OH excluding ortho intramolecular Hbond substituents is 1. The molecule has 2 N–H and O–H groups in total. The minimum Gasteiger partial charge on any atom is -0.508 e. The third-order valence-electron chi connectivity index (χ3n) is 2.45. The number of phenols is 1. The Morgan fingerprint density at radius 3 is 2.81 bits per heavy atom.